The molecule has 0 saturated carbocycles. The molecule has 0 fully saturated rings. The molecule has 7 heteroatoms. The third-order valence-corrected chi connectivity index (χ3v) is 5.49. The number of hydrogen-bond donors (Lipinski definition) is 2. The highest BCUT2D eigenvalue weighted by Crippen LogP contribution is 2.14. The summed E-state index contributed by atoms with van der Waals surface area (Å²) in [4.78, 5) is 15.9. The van der Waals surface area contributed by atoms with Crippen LogP contribution in [0.3, 0.4) is 0 Å². The Hall–Kier alpha value is -3.03. The van der Waals surface area contributed by atoms with Crippen molar-refractivity contribution in [1.82, 2.24) is 9.71 Å². The van der Waals surface area contributed by atoms with Crippen LogP contribution in [0.2, 0.25) is 0 Å². The summed E-state index contributed by atoms with van der Waals surface area (Å²) in [5, 5.41) is 0. The first-order chi connectivity index (χ1) is 13.0. The van der Waals surface area contributed by atoms with Gasteiger partial charge in [0.2, 0.25) is 10.0 Å². The highest BCUT2D eigenvalue weighted by atomic mass is 32.2. The second-order valence-corrected chi connectivity index (χ2v) is 7.76. The Bertz CT molecular complexity index is 1030. The van der Waals surface area contributed by atoms with Crippen molar-refractivity contribution in [1.29, 1.82) is 0 Å². The number of pyridine rings is 1. The van der Waals surface area contributed by atoms with Gasteiger partial charge in [0, 0.05) is 19.2 Å². The molecule has 27 heavy (non-hydrogen) atoms. The molecule has 1 heterocycles. The molecule has 3 rings (SSSR count). The van der Waals surface area contributed by atoms with Gasteiger partial charge in [-0.3, -0.25) is 9.78 Å². The minimum atomic E-state index is -3.54. The maximum absolute atomic E-state index is 12.3. The lowest BCUT2D eigenvalue weighted by atomic mass is 10.0. The first-order valence-corrected chi connectivity index (χ1v) is 9.80. The van der Waals surface area contributed by atoms with Gasteiger partial charge in [-0.1, -0.05) is 42.5 Å². The molecule has 3 N–H and O–H groups in total. The number of amides is 1. The van der Waals surface area contributed by atoms with Crippen LogP contribution in [-0.4, -0.2) is 19.3 Å². The number of aromatic nitrogens is 1. The summed E-state index contributed by atoms with van der Waals surface area (Å²) in [5.41, 5.74) is 8.17. The number of rotatable bonds is 7. The van der Waals surface area contributed by atoms with Gasteiger partial charge in [0.15, 0.2) is 0 Å². The van der Waals surface area contributed by atoms with Crippen LogP contribution >= 0.6 is 0 Å². The molecule has 2 aromatic carbocycles. The zero-order valence-electron chi connectivity index (χ0n) is 14.5. The van der Waals surface area contributed by atoms with Gasteiger partial charge in [-0.05, 0) is 35.4 Å². The second kappa shape index (κ2) is 8.11. The largest absolute Gasteiger partial charge is 0.366 e. The van der Waals surface area contributed by atoms with E-state index in [2.05, 4.69) is 9.71 Å². The molecule has 0 spiro atoms. The van der Waals surface area contributed by atoms with Crippen molar-refractivity contribution in [3.8, 4) is 0 Å². The predicted octanol–water partition coefficient (Wildman–Crippen LogP) is 2.25. The number of carbonyl (C=O) groups excluding carboxylic acids is 1. The molecule has 0 radical (unpaired) electrons. The van der Waals surface area contributed by atoms with Crippen molar-refractivity contribution < 1.29 is 13.2 Å². The highest BCUT2D eigenvalue weighted by Gasteiger charge is 2.13. The van der Waals surface area contributed by atoms with Crippen LogP contribution < -0.4 is 10.5 Å². The molecule has 0 aliphatic rings. The Morgan fingerprint density at radius 1 is 0.926 bits per heavy atom. The number of benzene rings is 2. The predicted molar refractivity (Wildman–Crippen MR) is 102 cm³/mol. The topological polar surface area (TPSA) is 102 Å². The fourth-order valence-electron chi connectivity index (χ4n) is 2.63. The van der Waals surface area contributed by atoms with Crippen molar-refractivity contribution in [2.75, 3.05) is 0 Å². The third kappa shape index (κ3) is 4.78. The Kier molecular flexibility index (Phi) is 5.63. The standard InChI is InChI=1S/C20H19N3O3S/c21-20(24)18-7-4-12-22-19(18)13-15-8-10-16(11-9-15)14-23-27(25,26)17-5-2-1-3-6-17/h1-12,23H,13-14H2,(H2,21,24). The Morgan fingerprint density at radius 2 is 1.59 bits per heavy atom. The van der Waals surface area contributed by atoms with Gasteiger partial charge >= 0.3 is 0 Å². The molecule has 1 amide bonds. The molecule has 0 aliphatic heterocycles. The van der Waals surface area contributed by atoms with Crippen LogP contribution in [0.4, 0.5) is 0 Å². The molecular weight excluding hydrogens is 362 g/mol. The van der Waals surface area contributed by atoms with E-state index in [9.17, 15) is 13.2 Å². The number of carbonyl (C=O) groups is 1. The summed E-state index contributed by atoms with van der Waals surface area (Å²) in [5.74, 6) is -0.509. The number of sulfonamides is 1. The lowest BCUT2D eigenvalue weighted by molar-refractivity contribution is 0.0999. The van der Waals surface area contributed by atoms with Gasteiger partial charge in [-0.15, -0.1) is 0 Å². The van der Waals surface area contributed by atoms with E-state index in [-0.39, 0.29) is 11.4 Å². The molecule has 6 nitrogen and oxygen atoms in total. The van der Waals surface area contributed by atoms with Gasteiger partial charge in [0.1, 0.15) is 0 Å². The van der Waals surface area contributed by atoms with Crippen molar-refractivity contribution in [3.05, 3.63) is 95.3 Å². The van der Waals surface area contributed by atoms with Crippen molar-refractivity contribution in [2.24, 2.45) is 5.73 Å². The Labute approximate surface area is 158 Å². The van der Waals surface area contributed by atoms with E-state index in [1.54, 1.807) is 48.7 Å². The van der Waals surface area contributed by atoms with Crippen LogP contribution in [0.15, 0.2) is 77.8 Å². The molecule has 0 saturated heterocycles. The first-order valence-electron chi connectivity index (χ1n) is 8.32. The molecule has 0 atom stereocenters. The van der Waals surface area contributed by atoms with E-state index in [1.807, 2.05) is 24.3 Å². The van der Waals surface area contributed by atoms with Gasteiger partial charge in [-0.25, -0.2) is 13.1 Å². The van der Waals surface area contributed by atoms with E-state index < -0.39 is 15.9 Å². The lowest BCUT2D eigenvalue weighted by Crippen LogP contribution is -2.23. The normalized spacial score (nSPS) is 11.3. The lowest BCUT2D eigenvalue weighted by Gasteiger charge is -2.08. The third-order valence-electron chi connectivity index (χ3n) is 4.07. The smallest absolute Gasteiger partial charge is 0.250 e. The second-order valence-electron chi connectivity index (χ2n) is 5.99. The van der Waals surface area contributed by atoms with E-state index in [0.717, 1.165) is 11.1 Å². The van der Waals surface area contributed by atoms with Gasteiger partial charge in [0.25, 0.3) is 5.91 Å². The van der Waals surface area contributed by atoms with E-state index in [0.29, 0.717) is 17.7 Å². The fraction of sp³-hybridized carbons (Fsp3) is 0.100. The molecule has 0 bridgehead atoms. The minimum absolute atomic E-state index is 0.188. The van der Waals surface area contributed by atoms with Crippen LogP contribution in [0.25, 0.3) is 0 Å². The molecule has 0 aliphatic carbocycles. The van der Waals surface area contributed by atoms with Crippen LogP contribution in [-0.2, 0) is 23.0 Å². The van der Waals surface area contributed by atoms with Crippen LogP contribution in [0.5, 0.6) is 0 Å². The number of nitrogens with two attached hydrogens (primary N) is 1. The number of hydrogen-bond acceptors (Lipinski definition) is 4. The summed E-state index contributed by atoms with van der Waals surface area (Å²) in [7, 11) is -3.54. The summed E-state index contributed by atoms with van der Waals surface area (Å²) in [6.45, 7) is 0.188. The maximum Gasteiger partial charge on any atom is 0.250 e. The summed E-state index contributed by atoms with van der Waals surface area (Å²) < 4.78 is 27.1. The van der Waals surface area contributed by atoms with Crippen molar-refractivity contribution in [3.63, 3.8) is 0 Å². The molecule has 0 unspecified atom stereocenters. The van der Waals surface area contributed by atoms with Crippen molar-refractivity contribution >= 4 is 15.9 Å². The molecule has 138 valence electrons. The van der Waals surface area contributed by atoms with Gasteiger partial charge in [-0.2, -0.15) is 0 Å². The SMILES string of the molecule is NC(=O)c1cccnc1Cc1ccc(CNS(=O)(=O)c2ccccc2)cc1. The molecular formula is C20H19N3O3S. The number of nitrogens with one attached hydrogen (secondary N) is 1. The van der Waals surface area contributed by atoms with E-state index in [1.165, 1.54) is 0 Å². The fourth-order valence-corrected chi connectivity index (χ4v) is 3.67. The Morgan fingerprint density at radius 3 is 2.26 bits per heavy atom. The first kappa shape index (κ1) is 18.8. The van der Waals surface area contributed by atoms with Crippen LogP contribution in [0.1, 0.15) is 27.2 Å². The summed E-state index contributed by atoms with van der Waals surface area (Å²) >= 11 is 0. The van der Waals surface area contributed by atoms with E-state index >= 15 is 0 Å². The zero-order chi connectivity index (χ0) is 19.3. The number of nitrogens with zero attached hydrogens (tertiary/aromatic N) is 1. The quantitative estimate of drug-likeness (QED) is 0.655. The van der Waals surface area contributed by atoms with Crippen LogP contribution in [0, 0.1) is 0 Å². The minimum Gasteiger partial charge on any atom is -0.366 e. The average molecular weight is 381 g/mol. The monoisotopic (exact) mass is 381 g/mol. The number of primary amides is 1. The van der Waals surface area contributed by atoms with E-state index in [4.69, 9.17) is 5.73 Å². The van der Waals surface area contributed by atoms with Crippen molar-refractivity contribution in [2.45, 2.75) is 17.9 Å². The average Bonchev–Trinajstić information content (AvgIpc) is 2.68. The summed E-state index contributed by atoms with van der Waals surface area (Å²) in [6, 6.07) is 19.0. The molecule has 3 aromatic rings. The maximum atomic E-state index is 12.3. The molecule has 1 aromatic heterocycles. The zero-order valence-corrected chi connectivity index (χ0v) is 15.3. The highest BCUT2D eigenvalue weighted by molar-refractivity contribution is 7.89. The van der Waals surface area contributed by atoms with Gasteiger partial charge in [0.05, 0.1) is 16.2 Å². The Balaban J connectivity index is 1.67. The summed E-state index contributed by atoms with van der Waals surface area (Å²) in [6.07, 6.45) is 2.09. The van der Waals surface area contributed by atoms with Gasteiger partial charge < -0.3 is 5.73 Å².